The van der Waals surface area contributed by atoms with E-state index in [4.69, 9.17) is 23.2 Å². The second-order valence-corrected chi connectivity index (χ2v) is 8.92. The maximum Gasteiger partial charge on any atom is 0.255 e. The molecule has 0 spiro atoms. The van der Waals surface area contributed by atoms with Crippen LogP contribution in [0.25, 0.3) is 0 Å². The number of benzene rings is 3. The van der Waals surface area contributed by atoms with Crippen LogP contribution in [0.5, 0.6) is 0 Å². The van der Waals surface area contributed by atoms with Crippen molar-refractivity contribution in [2.24, 2.45) is 0 Å². The zero-order valence-corrected chi connectivity index (χ0v) is 19.9. The van der Waals surface area contributed by atoms with Crippen LogP contribution in [-0.2, 0) is 11.2 Å². The van der Waals surface area contributed by atoms with Crippen LogP contribution in [0.2, 0.25) is 10.0 Å². The molecule has 0 unspecified atom stereocenters. The Balaban J connectivity index is 1.31. The summed E-state index contributed by atoms with van der Waals surface area (Å²) in [5.74, 6) is -0.0774. The number of halogens is 2. The van der Waals surface area contributed by atoms with E-state index < -0.39 is 0 Å². The summed E-state index contributed by atoms with van der Waals surface area (Å²) in [7, 11) is 0. The van der Waals surface area contributed by atoms with Gasteiger partial charge in [0.1, 0.15) is 0 Å². The number of carbonyl (C=O) groups excluding carboxylic acids is 2. The lowest BCUT2D eigenvalue weighted by molar-refractivity contribution is -0.130. The number of amides is 2. The van der Waals surface area contributed by atoms with Crippen molar-refractivity contribution in [2.45, 2.75) is 13.3 Å². The van der Waals surface area contributed by atoms with Gasteiger partial charge in [0, 0.05) is 43.1 Å². The fourth-order valence-electron chi connectivity index (χ4n) is 3.89. The molecular formula is C26H25Cl2N3O2. The summed E-state index contributed by atoms with van der Waals surface area (Å²) >= 11 is 11.9. The van der Waals surface area contributed by atoms with Gasteiger partial charge in [0.25, 0.3) is 5.91 Å². The van der Waals surface area contributed by atoms with Crippen molar-refractivity contribution in [1.82, 2.24) is 4.90 Å². The summed E-state index contributed by atoms with van der Waals surface area (Å²) in [5, 5.41) is 3.63. The van der Waals surface area contributed by atoms with Crippen LogP contribution < -0.4 is 10.2 Å². The minimum absolute atomic E-state index is 0.171. The molecule has 33 heavy (non-hydrogen) atoms. The first-order chi connectivity index (χ1) is 15.9. The van der Waals surface area contributed by atoms with E-state index in [9.17, 15) is 9.59 Å². The Hall–Kier alpha value is -3.02. The van der Waals surface area contributed by atoms with E-state index in [1.54, 1.807) is 18.2 Å². The third-order valence-corrected chi connectivity index (χ3v) is 6.65. The number of rotatable bonds is 5. The molecule has 170 valence electrons. The largest absolute Gasteiger partial charge is 0.368 e. The Kier molecular flexibility index (Phi) is 7.21. The highest BCUT2D eigenvalue weighted by Gasteiger charge is 2.22. The van der Waals surface area contributed by atoms with Gasteiger partial charge in [-0.2, -0.15) is 0 Å². The maximum absolute atomic E-state index is 12.7. The van der Waals surface area contributed by atoms with Crippen molar-refractivity contribution >= 4 is 46.4 Å². The first-order valence-electron chi connectivity index (χ1n) is 10.8. The standard InChI is InChI=1S/C26H25Cl2N3O2/c1-18-4-2-3-5-19(18)17-25(32)31-14-12-30(13-15-31)22-9-7-21(8-10-22)29-26(33)20-6-11-23(27)24(28)16-20/h2-11,16H,12-15,17H2,1H3,(H,29,33). The van der Waals surface area contributed by atoms with Gasteiger partial charge in [0.15, 0.2) is 0 Å². The second kappa shape index (κ2) is 10.3. The highest BCUT2D eigenvalue weighted by atomic mass is 35.5. The summed E-state index contributed by atoms with van der Waals surface area (Å²) in [6.07, 6.45) is 0.444. The quantitative estimate of drug-likeness (QED) is 0.527. The van der Waals surface area contributed by atoms with Crippen molar-refractivity contribution in [3.63, 3.8) is 0 Å². The third-order valence-electron chi connectivity index (χ3n) is 5.91. The average molecular weight is 482 g/mol. The summed E-state index contributed by atoms with van der Waals surface area (Å²) in [4.78, 5) is 29.4. The summed E-state index contributed by atoms with van der Waals surface area (Å²) < 4.78 is 0. The van der Waals surface area contributed by atoms with Gasteiger partial charge in [-0.15, -0.1) is 0 Å². The Bertz CT molecular complexity index is 1160. The number of nitrogens with one attached hydrogen (secondary N) is 1. The number of carbonyl (C=O) groups is 2. The van der Waals surface area contributed by atoms with Gasteiger partial charge in [-0.05, 0) is 60.5 Å². The molecule has 3 aromatic carbocycles. The predicted octanol–water partition coefficient (Wildman–Crippen LogP) is 5.45. The third kappa shape index (κ3) is 5.67. The van der Waals surface area contributed by atoms with E-state index in [1.807, 2.05) is 60.4 Å². The number of anilines is 2. The minimum atomic E-state index is -0.248. The lowest BCUT2D eigenvalue weighted by atomic mass is 10.1. The SMILES string of the molecule is Cc1ccccc1CC(=O)N1CCN(c2ccc(NC(=O)c3ccc(Cl)c(Cl)c3)cc2)CC1. The zero-order chi connectivity index (χ0) is 23.4. The van der Waals surface area contributed by atoms with Gasteiger partial charge in [0.05, 0.1) is 16.5 Å². The normalized spacial score (nSPS) is 13.7. The van der Waals surface area contributed by atoms with Crippen LogP contribution >= 0.6 is 23.2 Å². The van der Waals surface area contributed by atoms with Gasteiger partial charge in [-0.3, -0.25) is 9.59 Å². The molecule has 3 aromatic rings. The molecule has 1 saturated heterocycles. The highest BCUT2D eigenvalue weighted by molar-refractivity contribution is 6.42. The van der Waals surface area contributed by atoms with Crippen molar-refractivity contribution in [3.8, 4) is 0 Å². The van der Waals surface area contributed by atoms with E-state index >= 15 is 0 Å². The first-order valence-corrected chi connectivity index (χ1v) is 11.6. The van der Waals surface area contributed by atoms with E-state index in [0.717, 1.165) is 29.9 Å². The van der Waals surface area contributed by atoms with Gasteiger partial charge in [-0.25, -0.2) is 0 Å². The highest BCUT2D eigenvalue weighted by Crippen LogP contribution is 2.24. The molecule has 1 heterocycles. The molecule has 0 atom stereocenters. The van der Waals surface area contributed by atoms with Crippen LogP contribution in [-0.4, -0.2) is 42.9 Å². The molecule has 5 nitrogen and oxygen atoms in total. The lowest BCUT2D eigenvalue weighted by Crippen LogP contribution is -2.49. The summed E-state index contributed by atoms with van der Waals surface area (Å²) in [6, 6.07) is 20.5. The van der Waals surface area contributed by atoms with Crippen LogP contribution in [0.1, 0.15) is 21.5 Å². The molecule has 7 heteroatoms. The van der Waals surface area contributed by atoms with Crippen LogP contribution in [0, 0.1) is 6.92 Å². The van der Waals surface area contributed by atoms with Crippen LogP contribution in [0.15, 0.2) is 66.7 Å². The Labute approximate surface area is 203 Å². The smallest absolute Gasteiger partial charge is 0.255 e. The van der Waals surface area contributed by atoms with Crippen molar-refractivity contribution in [1.29, 1.82) is 0 Å². The molecule has 1 N–H and O–H groups in total. The summed E-state index contributed by atoms with van der Waals surface area (Å²) in [5.41, 5.74) is 4.44. The fraction of sp³-hybridized carbons (Fsp3) is 0.231. The van der Waals surface area contributed by atoms with E-state index in [0.29, 0.717) is 40.8 Å². The Morgan fingerprint density at radius 1 is 0.879 bits per heavy atom. The number of nitrogens with zero attached hydrogens (tertiary/aromatic N) is 2. The fourth-order valence-corrected chi connectivity index (χ4v) is 4.19. The predicted molar refractivity (Wildman–Crippen MR) is 135 cm³/mol. The topological polar surface area (TPSA) is 52.7 Å². The number of hydrogen-bond donors (Lipinski definition) is 1. The van der Waals surface area contributed by atoms with Crippen molar-refractivity contribution < 1.29 is 9.59 Å². The molecule has 0 saturated carbocycles. The molecule has 2 amide bonds. The van der Waals surface area contributed by atoms with E-state index in [2.05, 4.69) is 10.2 Å². The molecule has 0 radical (unpaired) electrons. The van der Waals surface area contributed by atoms with Gasteiger partial charge in [-0.1, -0.05) is 47.5 Å². The molecule has 0 bridgehead atoms. The molecule has 1 aliphatic heterocycles. The molecule has 1 aliphatic rings. The zero-order valence-electron chi connectivity index (χ0n) is 18.4. The average Bonchev–Trinajstić information content (AvgIpc) is 2.83. The molecule has 4 rings (SSSR count). The molecule has 0 aliphatic carbocycles. The summed E-state index contributed by atoms with van der Waals surface area (Å²) in [6.45, 7) is 4.97. The monoisotopic (exact) mass is 481 g/mol. The molecular weight excluding hydrogens is 457 g/mol. The number of piperazine rings is 1. The Morgan fingerprint density at radius 2 is 1.58 bits per heavy atom. The van der Waals surface area contributed by atoms with Crippen LogP contribution in [0.3, 0.4) is 0 Å². The minimum Gasteiger partial charge on any atom is -0.368 e. The van der Waals surface area contributed by atoms with Gasteiger partial charge >= 0.3 is 0 Å². The first kappa shape index (κ1) is 23.1. The van der Waals surface area contributed by atoms with Crippen molar-refractivity contribution in [3.05, 3.63) is 93.5 Å². The number of aryl methyl sites for hydroxylation is 1. The van der Waals surface area contributed by atoms with Gasteiger partial charge < -0.3 is 15.1 Å². The Morgan fingerprint density at radius 3 is 2.24 bits per heavy atom. The van der Waals surface area contributed by atoms with Crippen molar-refractivity contribution in [2.75, 3.05) is 36.4 Å². The van der Waals surface area contributed by atoms with E-state index in [1.165, 1.54) is 0 Å². The second-order valence-electron chi connectivity index (χ2n) is 8.10. The lowest BCUT2D eigenvalue weighted by Gasteiger charge is -2.36. The van der Waals surface area contributed by atoms with E-state index in [-0.39, 0.29) is 11.8 Å². The maximum atomic E-state index is 12.7. The molecule has 1 fully saturated rings. The van der Waals surface area contributed by atoms with Gasteiger partial charge in [0.2, 0.25) is 5.91 Å². The molecule has 0 aromatic heterocycles. The number of hydrogen-bond acceptors (Lipinski definition) is 3. The van der Waals surface area contributed by atoms with Crippen LogP contribution in [0.4, 0.5) is 11.4 Å².